The number of carbonyl (C=O) groups excluding carboxylic acids is 1. The number of benzene rings is 2. The first-order valence-electron chi connectivity index (χ1n) is 13.6. The Balaban J connectivity index is 1.46. The van der Waals surface area contributed by atoms with Crippen LogP contribution in [0.5, 0.6) is 11.5 Å². The van der Waals surface area contributed by atoms with Crippen molar-refractivity contribution in [3.8, 4) is 11.5 Å². The molecule has 2 aromatic carbocycles. The number of cyclic esters (lactones) is 1. The Morgan fingerprint density at radius 3 is 2.55 bits per heavy atom. The Hall–Kier alpha value is -3.77. The van der Waals surface area contributed by atoms with E-state index in [0.29, 0.717) is 58.4 Å². The number of fused-ring (bicyclic) bond motifs is 1. The summed E-state index contributed by atoms with van der Waals surface area (Å²) in [5.74, 6) is -2.03. The van der Waals surface area contributed by atoms with Gasteiger partial charge in [0.05, 0.1) is 50.8 Å². The number of esters is 1. The van der Waals surface area contributed by atoms with Crippen LogP contribution >= 0.6 is 11.7 Å². The highest BCUT2D eigenvalue weighted by Gasteiger charge is 2.50. The van der Waals surface area contributed by atoms with Crippen molar-refractivity contribution in [2.24, 2.45) is 5.92 Å². The molecule has 0 amide bonds. The molecule has 3 aromatic rings. The van der Waals surface area contributed by atoms with E-state index in [9.17, 15) is 9.90 Å². The van der Waals surface area contributed by atoms with Crippen LogP contribution in [-0.2, 0) is 29.5 Å². The van der Waals surface area contributed by atoms with Crippen LogP contribution in [0.15, 0.2) is 65.5 Å². The molecule has 6 rings (SSSR count). The Bertz CT molecular complexity index is 1620. The number of aliphatic hydroxyl groups is 1. The van der Waals surface area contributed by atoms with Gasteiger partial charge in [-0.3, -0.25) is 0 Å². The van der Waals surface area contributed by atoms with Gasteiger partial charge in [0.25, 0.3) is 5.79 Å². The predicted octanol–water partition coefficient (Wildman–Crippen LogP) is 4.88. The number of aromatic nitrogens is 2. The number of allylic oxidation sites excluding steroid dienone is 2. The summed E-state index contributed by atoms with van der Waals surface area (Å²) in [6.45, 7) is 0.582. The maximum absolute atomic E-state index is 13.6. The number of hydrogen-bond acceptors (Lipinski definition) is 11. The van der Waals surface area contributed by atoms with Gasteiger partial charge in [-0.2, -0.15) is 8.75 Å². The lowest BCUT2D eigenvalue weighted by atomic mass is 9.85. The highest BCUT2D eigenvalue weighted by atomic mass is 32.1. The van der Waals surface area contributed by atoms with Gasteiger partial charge in [0, 0.05) is 25.5 Å². The van der Waals surface area contributed by atoms with Crippen molar-refractivity contribution in [1.82, 2.24) is 8.75 Å². The zero-order valence-corrected chi connectivity index (χ0v) is 24.7. The van der Waals surface area contributed by atoms with E-state index in [1.54, 1.807) is 50.6 Å². The van der Waals surface area contributed by atoms with Crippen LogP contribution in [0.4, 0.5) is 0 Å². The fourth-order valence-corrected chi connectivity index (χ4v) is 5.95. The van der Waals surface area contributed by atoms with Gasteiger partial charge in [-0.1, -0.05) is 12.1 Å². The predicted molar refractivity (Wildman–Crippen MR) is 155 cm³/mol. The van der Waals surface area contributed by atoms with Gasteiger partial charge in [-0.15, -0.1) is 0 Å². The summed E-state index contributed by atoms with van der Waals surface area (Å²) in [6, 6.07) is 10.3. The third kappa shape index (κ3) is 4.96. The van der Waals surface area contributed by atoms with Gasteiger partial charge in [0.1, 0.15) is 22.5 Å². The standard InChI is InChI=1S/C31H32N2O8S/c1-36-21-8-10-26(37-2)22(16-21)31(35)23(28(29(34)41-31)20-7-9-24-25(15-20)33-42-32-24)13-19-11-12-30(39-4,27(14-19)38-3)40-17-18-5-6-18/h7-11,14-16,18,35H,5-6,12-13,17H2,1-4H3. The van der Waals surface area contributed by atoms with E-state index in [2.05, 4.69) is 8.75 Å². The van der Waals surface area contributed by atoms with Gasteiger partial charge in [0.15, 0.2) is 5.76 Å². The zero-order chi connectivity index (χ0) is 29.5. The average Bonchev–Trinajstić information content (AvgIpc) is 3.67. The molecule has 10 nitrogen and oxygen atoms in total. The molecule has 11 heteroatoms. The SMILES string of the molecule is COC1=CC(CC2=C(c3ccc4nsnc4c3)C(=O)OC2(O)c2cc(OC)ccc2OC)=CCC1(OC)OCC1CC1. The summed E-state index contributed by atoms with van der Waals surface area (Å²) in [4.78, 5) is 13.6. The summed E-state index contributed by atoms with van der Waals surface area (Å²) < 4.78 is 43.3. The van der Waals surface area contributed by atoms with Crippen LogP contribution in [0.2, 0.25) is 0 Å². The Labute approximate surface area is 247 Å². The molecule has 2 aliphatic carbocycles. The second-order valence-electron chi connectivity index (χ2n) is 10.5. The number of methoxy groups -OCH3 is 4. The summed E-state index contributed by atoms with van der Waals surface area (Å²) in [7, 11) is 6.18. The maximum Gasteiger partial charge on any atom is 0.342 e. The average molecular weight is 593 g/mol. The topological polar surface area (TPSA) is 118 Å². The van der Waals surface area contributed by atoms with Crippen LogP contribution in [0.25, 0.3) is 16.6 Å². The molecule has 1 aromatic heterocycles. The normalized spacial score (nSPS) is 24.0. The molecule has 2 heterocycles. The van der Waals surface area contributed by atoms with Gasteiger partial charge in [0.2, 0.25) is 5.79 Å². The van der Waals surface area contributed by atoms with E-state index >= 15 is 0 Å². The van der Waals surface area contributed by atoms with Crippen molar-refractivity contribution in [3.63, 3.8) is 0 Å². The molecule has 0 spiro atoms. The second kappa shape index (κ2) is 11.1. The summed E-state index contributed by atoms with van der Waals surface area (Å²) in [5, 5.41) is 12.3. The lowest BCUT2D eigenvalue weighted by molar-refractivity contribution is -0.217. The fourth-order valence-electron chi connectivity index (χ4n) is 5.43. The van der Waals surface area contributed by atoms with E-state index in [-0.39, 0.29) is 17.6 Å². The van der Waals surface area contributed by atoms with E-state index in [0.717, 1.165) is 30.1 Å². The number of carbonyl (C=O) groups is 1. The molecule has 220 valence electrons. The van der Waals surface area contributed by atoms with Crippen LogP contribution in [-0.4, -0.2) is 60.7 Å². The molecule has 2 unspecified atom stereocenters. The number of ether oxygens (including phenoxy) is 6. The molecule has 1 aliphatic heterocycles. The largest absolute Gasteiger partial charge is 0.497 e. The molecule has 3 aliphatic rings. The fraction of sp³-hybridized carbons (Fsp3) is 0.387. The zero-order valence-electron chi connectivity index (χ0n) is 23.8. The van der Waals surface area contributed by atoms with Crippen molar-refractivity contribution in [1.29, 1.82) is 0 Å². The molecule has 0 radical (unpaired) electrons. The lowest BCUT2D eigenvalue weighted by Crippen LogP contribution is -2.40. The monoisotopic (exact) mass is 592 g/mol. The van der Waals surface area contributed by atoms with Gasteiger partial charge in [-0.25, -0.2) is 4.79 Å². The van der Waals surface area contributed by atoms with Crippen molar-refractivity contribution in [2.45, 2.75) is 37.3 Å². The smallest absolute Gasteiger partial charge is 0.342 e. The van der Waals surface area contributed by atoms with Crippen molar-refractivity contribution >= 4 is 34.3 Å². The van der Waals surface area contributed by atoms with Gasteiger partial charge in [-0.05, 0) is 66.3 Å². The number of nitrogens with zero attached hydrogens (tertiary/aromatic N) is 2. The van der Waals surface area contributed by atoms with Crippen LogP contribution < -0.4 is 9.47 Å². The minimum absolute atomic E-state index is 0.153. The molecule has 0 saturated heterocycles. The quantitative estimate of drug-likeness (QED) is 0.244. The van der Waals surface area contributed by atoms with Crippen LogP contribution in [0.1, 0.15) is 36.8 Å². The molecule has 1 saturated carbocycles. The van der Waals surface area contributed by atoms with Crippen molar-refractivity contribution < 1.29 is 38.3 Å². The van der Waals surface area contributed by atoms with E-state index in [1.165, 1.54) is 14.2 Å². The van der Waals surface area contributed by atoms with Crippen molar-refractivity contribution in [2.75, 3.05) is 35.0 Å². The molecule has 1 fully saturated rings. The molecular weight excluding hydrogens is 560 g/mol. The first-order valence-corrected chi connectivity index (χ1v) is 14.4. The minimum Gasteiger partial charge on any atom is -0.497 e. The summed E-state index contributed by atoms with van der Waals surface area (Å²) in [6.07, 6.45) is 6.65. The molecule has 42 heavy (non-hydrogen) atoms. The Morgan fingerprint density at radius 2 is 1.83 bits per heavy atom. The first kappa shape index (κ1) is 28.4. The minimum atomic E-state index is -2.15. The first-order chi connectivity index (χ1) is 20.3. The summed E-state index contributed by atoms with van der Waals surface area (Å²) in [5.41, 5.74) is 3.51. The van der Waals surface area contributed by atoms with E-state index < -0.39 is 17.5 Å². The Morgan fingerprint density at radius 1 is 1.02 bits per heavy atom. The van der Waals surface area contributed by atoms with Crippen molar-refractivity contribution in [3.05, 3.63) is 76.6 Å². The molecule has 1 N–H and O–H groups in total. The van der Waals surface area contributed by atoms with E-state index in [4.69, 9.17) is 28.4 Å². The molecule has 0 bridgehead atoms. The molecule has 2 atom stereocenters. The van der Waals surface area contributed by atoms with Gasteiger partial charge < -0.3 is 33.5 Å². The molecular formula is C31H32N2O8S. The third-order valence-electron chi connectivity index (χ3n) is 7.97. The third-order valence-corrected chi connectivity index (χ3v) is 8.53. The van der Waals surface area contributed by atoms with Crippen LogP contribution in [0, 0.1) is 5.92 Å². The van der Waals surface area contributed by atoms with Gasteiger partial charge >= 0.3 is 5.97 Å². The van der Waals surface area contributed by atoms with E-state index in [1.807, 2.05) is 12.2 Å². The number of hydrogen-bond donors (Lipinski definition) is 1. The highest BCUT2D eigenvalue weighted by molar-refractivity contribution is 7.00. The lowest BCUT2D eigenvalue weighted by Gasteiger charge is -2.35. The van der Waals surface area contributed by atoms with Crippen LogP contribution in [0.3, 0.4) is 0 Å². The second-order valence-corrected chi connectivity index (χ2v) is 11.0. The number of rotatable bonds is 11. The Kier molecular flexibility index (Phi) is 7.52. The highest BCUT2D eigenvalue weighted by Crippen LogP contribution is 2.50. The maximum atomic E-state index is 13.6. The summed E-state index contributed by atoms with van der Waals surface area (Å²) >= 11 is 1.09.